The van der Waals surface area contributed by atoms with Gasteiger partial charge in [0, 0.05) is 19.7 Å². The van der Waals surface area contributed by atoms with Crippen molar-refractivity contribution >= 4 is 23.5 Å². The molecule has 7 nitrogen and oxygen atoms in total. The Kier molecular flexibility index (Phi) is 6.32. The van der Waals surface area contributed by atoms with E-state index in [4.69, 9.17) is 9.47 Å². The lowest BCUT2D eigenvalue weighted by atomic mass is 10.1. The van der Waals surface area contributed by atoms with Crippen molar-refractivity contribution in [1.29, 1.82) is 0 Å². The van der Waals surface area contributed by atoms with Gasteiger partial charge >= 0.3 is 5.97 Å². The van der Waals surface area contributed by atoms with E-state index in [2.05, 4.69) is 5.32 Å². The highest BCUT2D eigenvalue weighted by Gasteiger charge is 2.17. The van der Waals surface area contributed by atoms with Crippen molar-refractivity contribution in [2.75, 3.05) is 33.1 Å². The van der Waals surface area contributed by atoms with E-state index in [1.54, 1.807) is 56.6 Å². The molecule has 0 saturated heterocycles. The lowest BCUT2D eigenvalue weighted by Gasteiger charge is -2.13. The monoisotopic (exact) mass is 356 g/mol. The van der Waals surface area contributed by atoms with Crippen molar-refractivity contribution < 1.29 is 23.9 Å². The summed E-state index contributed by atoms with van der Waals surface area (Å²) >= 11 is 0. The molecule has 0 aliphatic heterocycles. The second kappa shape index (κ2) is 8.66. The summed E-state index contributed by atoms with van der Waals surface area (Å²) in [5.74, 6) is -0.766. The third kappa shape index (κ3) is 4.83. The first-order valence-corrected chi connectivity index (χ1v) is 7.84. The summed E-state index contributed by atoms with van der Waals surface area (Å²) in [5.41, 5.74) is 0.883. The zero-order valence-corrected chi connectivity index (χ0v) is 14.8. The summed E-state index contributed by atoms with van der Waals surface area (Å²) in [7, 11) is 4.68. The van der Waals surface area contributed by atoms with Crippen LogP contribution in [0.2, 0.25) is 0 Å². The van der Waals surface area contributed by atoms with Crippen LogP contribution in [0.3, 0.4) is 0 Å². The highest BCUT2D eigenvalue weighted by molar-refractivity contribution is 6.08. The molecule has 0 bridgehead atoms. The van der Waals surface area contributed by atoms with Gasteiger partial charge in [0.25, 0.3) is 11.8 Å². The van der Waals surface area contributed by atoms with E-state index in [1.165, 1.54) is 18.1 Å². The number of nitrogens with one attached hydrogen (secondary N) is 1. The van der Waals surface area contributed by atoms with Crippen LogP contribution >= 0.6 is 0 Å². The fourth-order valence-corrected chi connectivity index (χ4v) is 2.04. The van der Waals surface area contributed by atoms with Crippen LogP contribution < -0.4 is 10.1 Å². The Balaban J connectivity index is 2.11. The highest BCUT2D eigenvalue weighted by Crippen LogP contribution is 2.18. The highest BCUT2D eigenvalue weighted by atomic mass is 16.5. The molecule has 2 aromatic carbocycles. The molecule has 2 rings (SSSR count). The number of esters is 1. The maximum absolute atomic E-state index is 12.4. The van der Waals surface area contributed by atoms with Crippen molar-refractivity contribution in [1.82, 2.24) is 4.90 Å². The van der Waals surface area contributed by atoms with Crippen LogP contribution in [-0.4, -0.2) is 50.5 Å². The second-order valence-corrected chi connectivity index (χ2v) is 5.59. The minimum absolute atomic E-state index is 0.168. The van der Waals surface area contributed by atoms with Crippen LogP contribution in [0.1, 0.15) is 20.7 Å². The van der Waals surface area contributed by atoms with Crippen molar-refractivity contribution in [3.8, 4) is 5.75 Å². The maximum atomic E-state index is 12.4. The molecule has 0 aliphatic rings. The lowest BCUT2D eigenvalue weighted by molar-refractivity contribution is -0.131. The molecule has 26 heavy (non-hydrogen) atoms. The van der Waals surface area contributed by atoms with Crippen LogP contribution in [0, 0.1) is 0 Å². The van der Waals surface area contributed by atoms with Gasteiger partial charge in [-0.2, -0.15) is 0 Å². The topological polar surface area (TPSA) is 84.9 Å². The van der Waals surface area contributed by atoms with E-state index < -0.39 is 5.97 Å². The zero-order chi connectivity index (χ0) is 19.1. The molecule has 2 aromatic rings. The summed E-state index contributed by atoms with van der Waals surface area (Å²) in [6.07, 6.45) is 0. The number of methoxy groups -OCH3 is 1. The zero-order valence-electron chi connectivity index (χ0n) is 14.8. The van der Waals surface area contributed by atoms with Crippen LogP contribution in [0.5, 0.6) is 5.75 Å². The number of rotatable bonds is 6. The third-order valence-electron chi connectivity index (χ3n) is 3.57. The van der Waals surface area contributed by atoms with Crippen LogP contribution in [-0.2, 0) is 9.53 Å². The van der Waals surface area contributed by atoms with Crippen molar-refractivity contribution in [2.24, 2.45) is 0 Å². The number of ether oxygens (including phenoxy) is 2. The van der Waals surface area contributed by atoms with Crippen LogP contribution in [0.25, 0.3) is 0 Å². The predicted molar refractivity (Wildman–Crippen MR) is 96.4 cm³/mol. The molecular formula is C19H20N2O5. The number of hydrogen-bond donors (Lipinski definition) is 1. The Hall–Kier alpha value is -3.35. The van der Waals surface area contributed by atoms with Crippen LogP contribution in [0.4, 0.5) is 5.69 Å². The SMILES string of the molecule is COc1ccc(C(=O)Nc2ccccc2C(=O)OCC(=O)N(C)C)cc1. The molecule has 0 unspecified atom stereocenters. The van der Waals surface area contributed by atoms with E-state index in [9.17, 15) is 14.4 Å². The summed E-state index contributed by atoms with van der Waals surface area (Å²) in [6.45, 7) is -0.368. The van der Waals surface area contributed by atoms with Crippen LogP contribution in [0.15, 0.2) is 48.5 Å². The molecule has 136 valence electrons. The first kappa shape index (κ1) is 19.0. The fraction of sp³-hybridized carbons (Fsp3) is 0.211. The number of para-hydroxylation sites is 1. The fourth-order valence-electron chi connectivity index (χ4n) is 2.04. The third-order valence-corrected chi connectivity index (χ3v) is 3.57. The molecule has 2 amide bonds. The maximum Gasteiger partial charge on any atom is 0.340 e. The minimum Gasteiger partial charge on any atom is -0.497 e. The van der Waals surface area contributed by atoms with E-state index in [0.29, 0.717) is 17.0 Å². The Morgan fingerprint density at radius 1 is 1.00 bits per heavy atom. The van der Waals surface area contributed by atoms with Crippen molar-refractivity contribution in [3.63, 3.8) is 0 Å². The van der Waals surface area contributed by atoms with E-state index in [1.807, 2.05) is 0 Å². The molecule has 0 saturated carbocycles. The number of carbonyl (C=O) groups is 3. The van der Waals surface area contributed by atoms with E-state index in [-0.39, 0.29) is 24.0 Å². The summed E-state index contributed by atoms with van der Waals surface area (Å²) < 4.78 is 10.1. The van der Waals surface area contributed by atoms with Gasteiger partial charge in [0.15, 0.2) is 6.61 Å². The molecule has 0 atom stereocenters. The largest absolute Gasteiger partial charge is 0.497 e. The Labute approximate surface area is 151 Å². The van der Waals surface area contributed by atoms with Gasteiger partial charge in [-0.3, -0.25) is 9.59 Å². The quantitative estimate of drug-likeness (QED) is 0.802. The Morgan fingerprint density at radius 2 is 1.65 bits per heavy atom. The van der Waals surface area contributed by atoms with Gasteiger partial charge in [-0.25, -0.2) is 4.79 Å². The molecule has 0 heterocycles. The molecular weight excluding hydrogens is 336 g/mol. The Bertz CT molecular complexity index is 800. The van der Waals surface area contributed by atoms with E-state index >= 15 is 0 Å². The average molecular weight is 356 g/mol. The van der Waals surface area contributed by atoms with Gasteiger partial charge in [0.05, 0.1) is 18.4 Å². The average Bonchev–Trinajstić information content (AvgIpc) is 2.66. The molecule has 7 heteroatoms. The molecule has 0 spiro atoms. The molecule has 0 aliphatic carbocycles. The molecule has 0 aromatic heterocycles. The van der Waals surface area contributed by atoms with Gasteiger partial charge in [-0.05, 0) is 36.4 Å². The predicted octanol–water partition coefficient (Wildman–Crippen LogP) is 2.19. The first-order valence-electron chi connectivity index (χ1n) is 7.84. The number of likely N-dealkylation sites (N-methyl/N-ethyl adjacent to an activating group) is 1. The number of carbonyl (C=O) groups excluding carboxylic acids is 3. The van der Waals surface area contributed by atoms with Crippen molar-refractivity contribution in [3.05, 3.63) is 59.7 Å². The number of amides is 2. The van der Waals surface area contributed by atoms with Gasteiger partial charge in [-0.1, -0.05) is 12.1 Å². The number of benzene rings is 2. The number of hydrogen-bond acceptors (Lipinski definition) is 5. The minimum atomic E-state index is -0.689. The number of anilines is 1. The summed E-state index contributed by atoms with van der Waals surface area (Å²) in [5, 5.41) is 2.68. The number of nitrogens with zero attached hydrogens (tertiary/aromatic N) is 1. The smallest absolute Gasteiger partial charge is 0.340 e. The second-order valence-electron chi connectivity index (χ2n) is 5.59. The molecule has 1 N–H and O–H groups in total. The summed E-state index contributed by atoms with van der Waals surface area (Å²) in [6, 6.07) is 13.0. The van der Waals surface area contributed by atoms with Gasteiger partial charge in [0.2, 0.25) is 0 Å². The van der Waals surface area contributed by atoms with Gasteiger partial charge < -0.3 is 19.7 Å². The normalized spacial score (nSPS) is 9.96. The Morgan fingerprint density at radius 3 is 2.27 bits per heavy atom. The van der Waals surface area contributed by atoms with E-state index in [0.717, 1.165) is 0 Å². The molecule has 0 radical (unpaired) electrons. The van der Waals surface area contributed by atoms with Gasteiger partial charge in [-0.15, -0.1) is 0 Å². The lowest BCUT2D eigenvalue weighted by Crippen LogP contribution is -2.27. The first-order chi connectivity index (χ1) is 12.4. The summed E-state index contributed by atoms with van der Waals surface area (Å²) in [4.78, 5) is 37.5. The van der Waals surface area contributed by atoms with Gasteiger partial charge in [0.1, 0.15) is 5.75 Å². The standard InChI is InChI=1S/C19H20N2O5/c1-21(2)17(22)12-26-19(24)15-6-4-5-7-16(15)20-18(23)13-8-10-14(25-3)11-9-13/h4-11H,12H2,1-3H3,(H,20,23). The van der Waals surface area contributed by atoms with Crippen molar-refractivity contribution in [2.45, 2.75) is 0 Å². The molecule has 0 fully saturated rings.